The topological polar surface area (TPSA) is 55.8 Å². The van der Waals surface area contributed by atoms with Crippen molar-refractivity contribution in [3.8, 4) is 0 Å². The zero-order chi connectivity index (χ0) is 14.6. The van der Waals surface area contributed by atoms with Gasteiger partial charge in [0.1, 0.15) is 6.04 Å². The lowest BCUT2D eigenvalue weighted by atomic mass is 9.77. The molecule has 1 saturated heterocycles. The molecule has 1 heterocycles. The van der Waals surface area contributed by atoms with Crippen LogP contribution in [0, 0.1) is 0 Å². The Morgan fingerprint density at radius 3 is 2.55 bits per heavy atom. The van der Waals surface area contributed by atoms with Gasteiger partial charge in [-0.1, -0.05) is 0 Å². The first-order valence-electron chi connectivity index (χ1n) is 7.63. The lowest BCUT2D eigenvalue weighted by Crippen LogP contribution is -2.52. The maximum absolute atomic E-state index is 12.5. The predicted molar refractivity (Wildman–Crippen MR) is 74.2 cm³/mol. The summed E-state index contributed by atoms with van der Waals surface area (Å²) < 4.78 is 10.6. The zero-order valence-corrected chi connectivity index (χ0v) is 12.5. The molecule has 20 heavy (non-hydrogen) atoms. The highest BCUT2D eigenvalue weighted by Crippen LogP contribution is 2.38. The van der Waals surface area contributed by atoms with E-state index in [1.165, 1.54) is 0 Å². The molecule has 1 unspecified atom stereocenters. The standard InChI is InChI=1S/C15H25NO4/c1-3-20-14(18)12-7-4-5-10-16(12)13(17)11-15(19-2)8-6-9-15/h12H,3-11H2,1-2H3. The summed E-state index contributed by atoms with van der Waals surface area (Å²) in [5, 5.41) is 0. The Morgan fingerprint density at radius 1 is 1.25 bits per heavy atom. The highest BCUT2D eigenvalue weighted by Gasteiger charge is 2.42. The van der Waals surface area contributed by atoms with Gasteiger partial charge in [-0.05, 0) is 45.4 Å². The van der Waals surface area contributed by atoms with Crippen molar-refractivity contribution in [3.05, 3.63) is 0 Å². The van der Waals surface area contributed by atoms with Crippen LogP contribution < -0.4 is 0 Å². The molecule has 5 heteroatoms. The number of hydrogen-bond acceptors (Lipinski definition) is 4. The van der Waals surface area contributed by atoms with Crippen LogP contribution in [0.25, 0.3) is 0 Å². The second-order valence-corrected chi connectivity index (χ2v) is 5.77. The Morgan fingerprint density at radius 2 is 2.00 bits per heavy atom. The van der Waals surface area contributed by atoms with Crippen molar-refractivity contribution in [3.63, 3.8) is 0 Å². The number of nitrogens with zero attached hydrogens (tertiary/aromatic N) is 1. The number of esters is 1. The van der Waals surface area contributed by atoms with E-state index in [2.05, 4.69) is 0 Å². The molecule has 1 amide bonds. The number of ether oxygens (including phenoxy) is 2. The van der Waals surface area contributed by atoms with Crippen molar-refractivity contribution in [2.24, 2.45) is 0 Å². The van der Waals surface area contributed by atoms with E-state index in [0.29, 0.717) is 26.0 Å². The molecule has 0 aromatic rings. The van der Waals surface area contributed by atoms with E-state index in [4.69, 9.17) is 9.47 Å². The van der Waals surface area contributed by atoms with Gasteiger partial charge in [-0.15, -0.1) is 0 Å². The van der Waals surface area contributed by atoms with Gasteiger partial charge in [0.05, 0.1) is 18.6 Å². The van der Waals surface area contributed by atoms with Gasteiger partial charge < -0.3 is 14.4 Å². The van der Waals surface area contributed by atoms with E-state index in [-0.39, 0.29) is 17.5 Å². The molecule has 1 aliphatic carbocycles. The van der Waals surface area contributed by atoms with Gasteiger partial charge in [-0.2, -0.15) is 0 Å². The monoisotopic (exact) mass is 283 g/mol. The van der Waals surface area contributed by atoms with Gasteiger partial charge in [0, 0.05) is 13.7 Å². The van der Waals surface area contributed by atoms with Crippen LogP contribution in [0.15, 0.2) is 0 Å². The quantitative estimate of drug-likeness (QED) is 0.723. The number of amides is 1. The summed E-state index contributed by atoms with van der Waals surface area (Å²) in [4.78, 5) is 26.2. The third kappa shape index (κ3) is 3.14. The second kappa shape index (κ2) is 6.57. The maximum Gasteiger partial charge on any atom is 0.328 e. The Bertz CT molecular complexity index is 359. The van der Waals surface area contributed by atoms with Crippen LogP contribution in [0.1, 0.15) is 51.9 Å². The first-order valence-corrected chi connectivity index (χ1v) is 7.63. The molecule has 5 nitrogen and oxygen atoms in total. The Labute approximate surface area is 120 Å². The molecule has 2 rings (SSSR count). The normalized spacial score (nSPS) is 24.9. The number of hydrogen-bond donors (Lipinski definition) is 0. The summed E-state index contributed by atoms with van der Waals surface area (Å²) >= 11 is 0. The van der Waals surface area contributed by atoms with Crippen LogP contribution in [0.2, 0.25) is 0 Å². The number of piperidine rings is 1. The molecule has 114 valence electrons. The minimum atomic E-state index is -0.398. The first-order chi connectivity index (χ1) is 9.62. The minimum Gasteiger partial charge on any atom is -0.464 e. The summed E-state index contributed by atoms with van der Waals surface area (Å²) in [7, 11) is 1.67. The van der Waals surface area contributed by atoms with Gasteiger partial charge in [-0.3, -0.25) is 4.79 Å². The van der Waals surface area contributed by atoms with Crippen molar-refractivity contribution in [1.82, 2.24) is 4.90 Å². The van der Waals surface area contributed by atoms with Gasteiger partial charge in [0.15, 0.2) is 0 Å². The maximum atomic E-state index is 12.5. The molecule has 0 aromatic heterocycles. The SMILES string of the molecule is CCOC(=O)C1CCCCN1C(=O)CC1(OC)CCC1. The van der Waals surface area contributed by atoms with Crippen LogP contribution in [-0.2, 0) is 19.1 Å². The molecular formula is C15H25NO4. The fraction of sp³-hybridized carbons (Fsp3) is 0.867. The molecule has 0 N–H and O–H groups in total. The summed E-state index contributed by atoms with van der Waals surface area (Å²) in [5.74, 6) is -0.232. The van der Waals surface area contributed by atoms with Crippen LogP contribution in [0.5, 0.6) is 0 Å². The number of likely N-dealkylation sites (tertiary alicyclic amines) is 1. The van der Waals surface area contributed by atoms with Crippen LogP contribution in [-0.4, -0.2) is 48.7 Å². The van der Waals surface area contributed by atoms with Crippen molar-refractivity contribution in [1.29, 1.82) is 0 Å². The van der Waals surface area contributed by atoms with Crippen molar-refractivity contribution >= 4 is 11.9 Å². The summed E-state index contributed by atoms with van der Waals surface area (Å²) in [5.41, 5.74) is -0.284. The van der Waals surface area contributed by atoms with E-state index in [1.54, 1.807) is 18.9 Å². The Balaban J connectivity index is 1.99. The van der Waals surface area contributed by atoms with E-state index in [0.717, 1.165) is 32.1 Å². The van der Waals surface area contributed by atoms with Crippen molar-refractivity contribution in [2.75, 3.05) is 20.3 Å². The molecular weight excluding hydrogens is 258 g/mol. The second-order valence-electron chi connectivity index (χ2n) is 5.77. The summed E-state index contributed by atoms with van der Waals surface area (Å²) in [6, 6.07) is -0.398. The minimum absolute atomic E-state index is 0.0318. The predicted octanol–water partition coefficient (Wildman–Crippen LogP) is 1.89. The highest BCUT2D eigenvalue weighted by atomic mass is 16.5. The van der Waals surface area contributed by atoms with Crippen LogP contribution in [0.4, 0.5) is 0 Å². The third-order valence-electron chi connectivity index (χ3n) is 4.55. The van der Waals surface area contributed by atoms with Gasteiger partial charge >= 0.3 is 5.97 Å². The van der Waals surface area contributed by atoms with Crippen LogP contribution >= 0.6 is 0 Å². The zero-order valence-electron chi connectivity index (χ0n) is 12.5. The first kappa shape index (κ1) is 15.3. The number of carbonyl (C=O) groups excluding carboxylic acids is 2. The average molecular weight is 283 g/mol. The fourth-order valence-electron chi connectivity index (χ4n) is 3.11. The number of methoxy groups -OCH3 is 1. The number of carbonyl (C=O) groups is 2. The van der Waals surface area contributed by atoms with Crippen molar-refractivity contribution < 1.29 is 19.1 Å². The largest absolute Gasteiger partial charge is 0.464 e. The lowest BCUT2D eigenvalue weighted by Gasteiger charge is -2.42. The van der Waals surface area contributed by atoms with E-state index in [1.807, 2.05) is 0 Å². The van der Waals surface area contributed by atoms with E-state index in [9.17, 15) is 9.59 Å². The van der Waals surface area contributed by atoms with Gasteiger partial charge in [0.2, 0.25) is 5.91 Å². The molecule has 1 atom stereocenters. The summed E-state index contributed by atoms with van der Waals surface area (Å²) in [6.07, 6.45) is 6.02. The molecule has 2 aliphatic rings. The smallest absolute Gasteiger partial charge is 0.328 e. The lowest BCUT2D eigenvalue weighted by molar-refractivity contribution is -0.161. The highest BCUT2D eigenvalue weighted by molar-refractivity contribution is 5.85. The summed E-state index contributed by atoms with van der Waals surface area (Å²) in [6.45, 7) is 2.81. The third-order valence-corrected chi connectivity index (χ3v) is 4.55. The average Bonchev–Trinajstić information content (AvgIpc) is 2.43. The van der Waals surface area contributed by atoms with Crippen molar-refractivity contribution in [2.45, 2.75) is 63.5 Å². The molecule has 0 spiro atoms. The number of rotatable bonds is 5. The molecule has 0 bridgehead atoms. The van der Waals surface area contributed by atoms with Gasteiger partial charge in [0.25, 0.3) is 0 Å². The molecule has 2 fully saturated rings. The molecule has 0 aromatic carbocycles. The molecule has 1 aliphatic heterocycles. The van der Waals surface area contributed by atoms with E-state index >= 15 is 0 Å². The van der Waals surface area contributed by atoms with E-state index < -0.39 is 6.04 Å². The molecule has 0 radical (unpaired) electrons. The van der Waals surface area contributed by atoms with Gasteiger partial charge in [-0.25, -0.2) is 4.79 Å². The molecule has 1 saturated carbocycles. The van der Waals surface area contributed by atoms with Crippen LogP contribution in [0.3, 0.4) is 0 Å². The Hall–Kier alpha value is -1.10. The Kier molecular flexibility index (Phi) is 5.02. The fourth-order valence-corrected chi connectivity index (χ4v) is 3.11.